The van der Waals surface area contributed by atoms with Gasteiger partial charge in [0.15, 0.2) is 6.10 Å². The Labute approximate surface area is 125 Å². The molecule has 21 heavy (non-hydrogen) atoms. The van der Waals surface area contributed by atoms with Crippen LogP contribution in [0.5, 0.6) is 0 Å². The van der Waals surface area contributed by atoms with Gasteiger partial charge in [-0.15, -0.1) is 0 Å². The molecule has 0 aliphatic carbocycles. The van der Waals surface area contributed by atoms with Crippen LogP contribution in [0, 0.1) is 0 Å². The van der Waals surface area contributed by atoms with E-state index in [0.717, 1.165) is 12.0 Å². The molecule has 0 bridgehead atoms. The maximum absolute atomic E-state index is 12.3. The van der Waals surface area contributed by atoms with E-state index in [-0.39, 0.29) is 12.5 Å². The average molecular weight is 293 g/mol. The van der Waals surface area contributed by atoms with Crippen molar-refractivity contribution in [2.24, 2.45) is 0 Å². The quantitative estimate of drug-likeness (QED) is 0.803. The molecule has 0 saturated carbocycles. The number of nitrogens with one attached hydrogen (secondary N) is 1. The Balaban J connectivity index is 2.76. The molecule has 1 amide bonds. The molecule has 5 nitrogen and oxygen atoms in total. The van der Waals surface area contributed by atoms with E-state index in [1.54, 1.807) is 0 Å². The molecule has 1 rings (SSSR count). The fourth-order valence-corrected chi connectivity index (χ4v) is 1.97. The van der Waals surface area contributed by atoms with Crippen LogP contribution in [0.2, 0.25) is 0 Å². The van der Waals surface area contributed by atoms with Crippen molar-refractivity contribution >= 4 is 11.9 Å². The summed E-state index contributed by atoms with van der Waals surface area (Å²) in [6, 6.07) is 7.87. The number of carboxylic acid groups (broad SMARTS) is 1. The summed E-state index contributed by atoms with van der Waals surface area (Å²) in [5.41, 5.74) is 1.37. The van der Waals surface area contributed by atoms with Crippen molar-refractivity contribution in [2.75, 3.05) is 13.7 Å². The highest BCUT2D eigenvalue weighted by atomic mass is 16.5. The van der Waals surface area contributed by atoms with E-state index in [1.807, 2.05) is 38.1 Å². The number of benzene rings is 1. The largest absolute Gasteiger partial charge is 0.479 e. The van der Waals surface area contributed by atoms with Crippen molar-refractivity contribution in [3.8, 4) is 0 Å². The predicted octanol–water partition coefficient (Wildman–Crippen LogP) is 1.74. The zero-order valence-corrected chi connectivity index (χ0v) is 13.0. The van der Waals surface area contributed by atoms with Gasteiger partial charge in [0.2, 0.25) is 5.91 Å². The van der Waals surface area contributed by atoms with Gasteiger partial charge in [-0.05, 0) is 31.4 Å². The van der Waals surface area contributed by atoms with E-state index < -0.39 is 17.5 Å². The lowest BCUT2D eigenvalue weighted by atomic mass is 9.83. The molecule has 0 saturated heterocycles. The lowest BCUT2D eigenvalue weighted by Crippen LogP contribution is -2.45. The number of hydrogen-bond donors (Lipinski definition) is 2. The average Bonchev–Trinajstić information content (AvgIpc) is 2.47. The van der Waals surface area contributed by atoms with Crippen LogP contribution in [0.15, 0.2) is 24.3 Å². The number of ether oxygens (including phenoxy) is 1. The van der Waals surface area contributed by atoms with Gasteiger partial charge in [-0.3, -0.25) is 4.79 Å². The van der Waals surface area contributed by atoms with Gasteiger partial charge in [0, 0.05) is 7.11 Å². The Bertz CT molecular complexity index is 494. The van der Waals surface area contributed by atoms with E-state index >= 15 is 0 Å². The highest BCUT2D eigenvalue weighted by Gasteiger charge is 2.30. The lowest BCUT2D eigenvalue weighted by Gasteiger charge is -2.25. The van der Waals surface area contributed by atoms with Crippen molar-refractivity contribution in [3.63, 3.8) is 0 Å². The summed E-state index contributed by atoms with van der Waals surface area (Å²) in [5.74, 6) is -1.32. The van der Waals surface area contributed by atoms with Crippen molar-refractivity contribution in [3.05, 3.63) is 35.4 Å². The smallest absolute Gasteiger partial charge is 0.334 e. The van der Waals surface area contributed by atoms with Crippen LogP contribution in [-0.2, 0) is 26.2 Å². The number of aliphatic carboxylic acids is 1. The van der Waals surface area contributed by atoms with Gasteiger partial charge in [-0.2, -0.15) is 0 Å². The highest BCUT2D eigenvalue weighted by Crippen LogP contribution is 2.23. The second-order valence-corrected chi connectivity index (χ2v) is 5.45. The summed E-state index contributed by atoms with van der Waals surface area (Å²) >= 11 is 0. The van der Waals surface area contributed by atoms with Gasteiger partial charge in [0.25, 0.3) is 0 Å². The van der Waals surface area contributed by atoms with Crippen LogP contribution in [0.4, 0.5) is 0 Å². The summed E-state index contributed by atoms with van der Waals surface area (Å²) in [6.07, 6.45) is -0.0895. The Morgan fingerprint density at radius 3 is 2.29 bits per heavy atom. The lowest BCUT2D eigenvalue weighted by molar-refractivity contribution is -0.148. The summed E-state index contributed by atoms with van der Waals surface area (Å²) in [7, 11) is 1.31. The van der Waals surface area contributed by atoms with Crippen LogP contribution in [0.25, 0.3) is 0 Å². The number of hydrogen-bond acceptors (Lipinski definition) is 3. The predicted molar refractivity (Wildman–Crippen MR) is 80.3 cm³/mol. The molecule has 116 valence electrons. The minimum atomic E-state index is -1.09. The zero-order valence-electron chi connectivity index (χ0n) is 13.0. The molecule has 1 atom stereocenters. The van der Waals surface area contributed by atoms with E-state index in [4.69, 9.17) is 9.84 Å². The first-order valence-electron chi connectivity index (χ1n) is 6.96. The normalized spacial score (nSPS) is 12.8. The number of amides is 1. The number of carbonyl (C=O) groups is 2. The third kappa shape index (κ3) is 4.29. The van der Waals surface area contributed by atoms with Crippen LogP contribution >= 0.6 is 0 Å². The second-order valence-electron chi connectivity index (χ2n) is 5.45. The third-order valence-corrected chi connectivity index (χ3v) is 3.66. The molecule has 5 heteroatoms. The monoisotopic (exact) mass is 293 g/mol. The minimum Gasteiger partial charge on any atom is -0.479 e. The fraction of sp³-hybridized carbons (Fsp3) is 0.500. The van der Waals surface area contributed by atoms with Gasteiger partial charge in [0.1, 0.15) is 0 Å². The molecule has 0 aliphatic heterocycles. The van der Waals surface area contributed by atoms with E-state index in [9.17, 15) is 9.59 Å². The summed E-state index contributed by atoms with van der Waals surface area (Å²) < 4.78 is 4.80. The highest BCUT2D eigenvalue weighted by molar-refractivity contribution is 5.87. The molecule has 1 unspecified atom stereocenters. The van der Waals surface area contributed by atoms with Gasteiger partial charge in [0.05, 0.1) is 12.0 Å². The SMILES string of the molecule is CCc1ccc(C(C)(C)C(=O)NCC(OC)C(=O)O)cc1. The molecule has 1 aromatic carbocycles. The third-order valence-electron chi connectivity index (χ3n) is 3.66. The van der Waals surface area contributed by atoms with Crippen LogP contribution in [0.1, 0.15) is 31.9 Å². The number of carboxylic acids is 1. The second kappa shape index (κ2) is 7.22. The van der Waals surface area contributed by atoms with Crippen LogP contribution < -0.4 is 5.32 Å². The number of methoxy groups -OCH3 is 1. The molecular weight excluding hydrogens is 270 g/mol. The van der Waals surface area contributed by atoms with Gasteiger partial charge in [-0.1, -0.05) is 31.2 Å². The van der Waals surface area contributed by atoms with Crippen molar-refractivity contribution in [1.82, 2.24) is 5.32 Å². The number of carbonyl (C=O) groups excluding carboxylic acids is 1. The van der Waals surface area contributed by atoms with Gasteiger partial charge >= 0.3 is 5.97 Å². The summed E-state index contributed by atoms with van der Waals surface area (Å²) in [4.78, 5) is 23.2. The molecule has 1 aromatic rings. The summed E-state index contributed by atoms with van der Waals surface area (Å²) in [5, 5.41) is 11.5. The molecule has 0 aromatic heterocycles. The number of rotatable bonds is 7. The van der Waals surface area contributed by atoms with Crippen molar-refractivity contribution in [2.45, 2.75) is 38.7 Å². The Morgan fingerprint density at radius 2 is 1.86 bits per heavy atom. The van der Waals surface area contributed by atoms with Crippen molar-refractivity contribution < 1.29 is 19.4 Å². The molecule has 0 heterocycles. The zero-order chi connectivity index (χ0) is 16.0. The first-order valence-corrected chi connectivity index (χ1v) is 6.96. The Morgan fingerprint density at radius 1 is 1.29 bits per heavy atom. The first-order chi connectivity index (χ1) is 9.82. The maximum atomic E-state index is 12.3. The van der Waals surface area contributed by atoms with Crippen molar-refractivity contribution in [1.29, 1.82) is 0 Å². The van der Waals surface area contributed by atoms with E-state index in [0.29, 0.717) is 0 Å². The standard InChI is InChI=1S/C16H23NO4/c1-5-11-6-8-12(9-7-11)16(2,3)15(20)17-10-13(21-4)14(18)19/h6-9,13H,5,10H2,1-4H3,(H,17,20)(H,18,19). The first kappa shape index (κ1) is 17.2. The molecular formula is C16H23NO4. The molecule has 0 fully saturated rings. The van der Waals surface area contributed by atoms with Gasteiger partial charge in [-0.25, -0.2) is 4.79 Å². The molecule has 0 aliphatic rings. The number of aryl methyl sites for hydroxylation is 1. The minimum absolute atomic E-state index is 0.0544. The van der Waals surface area contributed by atoms with Crippen LogP contribution in [0.3, 0.4) is 0 Å². The molecule has 0 radical (unpaired) electrons. The fourth-order valence-electron chi connectivity index (χ4n) is 1.97. The van der Waals surface area contributed by atoms with Gasteiger partial charge < -0.3 is 15.2 Å². The summed E-state index contributed by atoms with van der Waals surface area (Å²) in [6.45, 7) is 5.64. The molecule has 2 N–H and O–H groups in total. The van der Waals surface area contributed by atoms with E-state index in [2.05, 4.69) is 12.2 Å². The van der Waals surface area contributed by atoms with E-state index in [1.165, 1.54) is 12.7 Å². The molecule has 0 spiro atoms. The Kier molecular flexibility index (Phi) is 5.90. The maximum Gasteiger partial charge on any atom is 0.334 e. The Hall–Kier alpha value is -1.88. The van der Waals surface area contributed by atoms with Crippen LogP contribution in [-0.4, -0.2) is 36.7 Å². The topological polar surface area (TPSA) is 75.6 Å².